The summed E-state index contributed by atoms with van der Waals surface area (Å²) in [6, 6.07) is 1.46. The highest BCUT2D eigenvalue weighted by molar-refractivity contribution is 7.14. The molecule has 80 valence electrons. The van der Waals surface area contributed by atoms with Crippen LogP contribution in [0.4, 0.5) is 5.00 Å². The van der Waals surface area contributed by atoms with Crippen molar-refractivity contribution in [1.82, 2.24) is 0 Å². The average Bonchev–Trinajstić information content (AvgIpc) is 2.50. The molecule has 0 saturated carbocycles. The van der Waals surface area contributed by atoms with Gasteiger partial charge in [-0.15, -0.1) is 11.3 Å². The third-order valence-electron chi connectivity index (χ3n) is 1.50. The number of hydrogen-bond acceptors (Lipinski definition) is 4. The van der Waals surface area contributed by atoms with Crippen LogP contribution in [-0.2, 0) is 9.59 Å². The first-order chi connectivity index (χ1) is 7.00. The summed E-state index contributed by atoms with van der Waals surface area (Å²) in [7, 11) is 0. The predicted molar refractivity (Wildman–Crippen MR) is 53.7 cm³/mol. The van der Waals surface area contributed by atoms with Crippen LogP contribution in [-0.4, -0.2) is 22.9 Å². The van der Waals surface area contributed by atoms with Crippen LogP contribution >= 0.6 is 11.3 Å². The molecule has 0 aliphatic carbocycles. The van der Waals surface area contributed by atoms with Crippen LogP contribution in [0.15, 0.2) is 11.4 Å². The number of carboxylic acids is 1. The first-order valence-corrected chi connectivity index (χ1v) is 4.77. The first kappa shape index (κ1) is 11.2. The van der Waals surface area contributed by atoms with Gasteiger partial charge < -0.3 is 16.2 Å². The Hall–Kier alpha value is -1.89. The van der Waals surface area contributed by atoms with Gasteiger partial charge in [0.15, 0.2) is 0 Å². The Bertz CT molecular complexity index is 413. The zero-order valence-corrected chi connectivity index (χ0v) is 8.34. The van der Waals surface area contributed by atoms with E-state index in [0.717, 1.165) is 11.3 Å². The summed E-state index contributed by atoms with van der Waals surface area (Å²) in [5.41, 5.74) is 5.22. The van der Waals surface area contributed by atoms with E-state index in [2.05, 4.69) is 5.32 Å². The second-order valence-electron chi connectivity index (χ2n) is 2.65. The van der Waals surface area contributed by atoms with Crippen LogP contribution in [0.25, 0.3) is 0 Å². The van der Waals surface area contributed by atoms with Gasteiger partial charge in [-0.25, -0.2) is 0 Å². The van der Waals surface area contributed by atoms with Crippen LogP contribution in [0, 0.1) is 0 Å². The Balaban J connectivity index is 2.72. The van der Waals surface area contributed by atoms with E-state index < -0.39 is 24.2 Å². The van der Waals surface area contributed by atoms with Gasteiger partial charge in [0.05, 0.1) is 5.56 Å². The summed E-state index contributed by atoms with van der Waals surface area (Å²) in [6.07, 6.45) is -0.643. The standard InChI is InChI=1S/C8H8N2O4S/c9-7(14)4-1-2-15-8(4)10-5(11)3-6(12)13/h1-2H,3H2,(H2,9,14)(H,10,11)(H,12,13). The van der Waals surface area contributed by atoms with Crippen molar-refractivity contribution in [2.24, 2.45) is 5.73 Å². The molecule has 1 aromatic rings. The smallest absolute Gasteiger partial charge is 0.312 e. The van der Waals surface area contributed by atoms with Gasteiger partial charge in [0.1, 0.15) is 11.4 Å². The summed E-state index contributed by atoms with van der Waals surface area (Å²) in [5.74, 6) is -2.58. The summed E-state index contributed by atoms with van der Waals surface area (Å²) < 4.78 is 0. The van der Waals surface area contributed by atoms with Gasteiger partial charge in [-0.1, -0.05) is 0 Å². The number of aliphatic carboxylic acids is 1. The van der Waals surface area contributed by atoms with Gasteiger partial charge in [0.25, 0.3) is 5.91 Å². The molecule has 0 saturated heterocycles. The number of carboxylic acid groups (broad SMARTS) is 1. The van der Waals surface area contributed by atoms with Gasteiger partial charge in [0.2, 0.25) is 5.91 Å². The van der Waals surface area contributed by atoms with Gasteiger partial charge in [-0.2, -0.15) is 0 Å². The minimum absolute atomic E-state index is 0.179. The zero-order chi connectivity index (χ0) is 11.4. The lowest BCUT2D eigenvalue weighted by molar-refractivity contribution is -0.139. The lowest BCUT2D eigenvalue weighted by Crippen LogP contribution is -2.18. The van der Waals surface area contributed by atoms with E-state index in [1.807, 2.05) is 0 Å². The highest BCUT2D eigenvalue weighted by Crippen LogP contribution is 2.22. The van der Waals surface area contributed by atoms with Crippen LogP contribution in [0.2, 0.25) is 0 Å². The minimum Gasteiger partial charge on any atom is -0.481 e. The number of primary amides is 1. The van der Waals surface area contributed by atoms with E-state index in [1.165, 1.54) is 6.07 Å². The van der Waals surface area contributed by atoms with Gasteiger partial charge in [-0.3, -0.25) is 14.4 Å². The van der Waals surface area contributed by atoms with Gasteiger partial charge in [-0.05, 0) is 11.4 Å². The van der Waals surface area contributed by atoms with Crippen LogP contribution in [0.5, 0.6) is 0 Å². The molecule has 2 amide bonds. The molecule has 0 aliphatic rings. The topological polar surface area (TPSA) is 109 Å². The molecule has 0 atom stereocenters. The molecule has 0 aromatic carbocycles. The summed E-state index contributed by atoms with van der Waals surface area (Å²) in [5, 5.41) is 12.5. The summed E-state index contributed by atoms with van der Waals surface area (Å²) in [6.45, 7) is 0. The number of nitrogens with two attached hydrogens (primary N) is 1. The molecule has 0 fully saturated rings. The van der Waals surface area contributed by atoms with E-state index in [1.54, 1.807) is 5.38 Å². The number of anilines is 1. The fourth-order valence-corrected chi connectivity index (χ4v) is 1.72. The van der Waals surface area contributed by atoms with Crippen LogP contribution in [0.3, 0.4) is 0 Å². The maximum absolute atomic E-state index is 11.1. The van der Waals surface area contributed by atoms with Crippen molar-refractivity contribution in [3.05, 3.63) is 17.0 Å². The largest absolute Gasteiger partial charge is 0.481 e. The Kier molecular flexibility index (Phi) is 3.40. The molecule has 1 heterocycles. The third-order valence-corrected chi connectivity index (χ3v) is 2.33. The van der Waals surface area contributed by atoms with E-state index >= 15 is 0 Å². The third kappa shape index (κ3) is 3.06. The molecule has 0 bridgehead atoms. The molecule has 1 rings (SSSR count). The molecule has 0 unspecified atom stereocenters. The first-order valence-electron chi connectivity index (χ1n) is 3.89. The van der Waals surface area contributed by atoms with E-state index in [-0.39, 0.29) is 10.6 Å². The van der Waals surface area contributed by atoms with Gasteiger partial charge in [0, 0.05) is 0 Å². The van der Waals surface area contributed by atoms with Crippen molar-refractivity contribution in [2.75, 3.05) is 5.32 Å². The molecule has 1 aromatic heterocycles. The van der Waals surface area contributed by atoms with Crippen molar-refractivity contribution < 1.29 is 19.5 Å². The Morgan fingerprint density at radius 1 is 1.47 bits per heavy atom. The molecule has 0 radical (unpaired) electrons. The molecular weight excluding hydrogens is 220 g/mol. The average molecular weight is 228 g/mol. The number of thiophene rings is 1. The highest BCUT2D eigenvalue weighted by atomic mass is 32.1. The number of hydrogen-bond donors (Lipinski definition) is 3. The normalized spacial score (nSPS) is 9.60. The predicted octanol–water partition coefficient (Wildman–Crippen LogP) is 0.260. The number of carbonyl (C=O) groups excluding carboxylic acids is 2. The minimum atomic E-state index is -1.23. The molecule has 6 nitrogen and oxygen atoms in total. The zero-order valence-electron chi connectivity index (χ0n) is 7.52. The maximum atomic E-state index is 11.1. The van der Waals surface area contributed by atoms with Crippen molar-refractivity contribution >= 4 is 34.1 Å². The molecule has 4 N–H and O–H groups in total. The van der Waals surface area contributed by atoms with E-state index in [9.17, 15) is 14.4 Å². The lowest BCUT2D eigenvalue weighted by atomic mass is 10.3. The van der Waals surface area contributed by atoms with Crippen LogP contribution in [0.1, 0.15) is 16.8 Å². The van der Waals surface area contributed by atoms with E-state index in [4.69, 9.17) is 10.8 Å². The van der Waals surface area contributed by atoms with Crippen molar-refractivity contribution in [2.45, 2.75) is 6.42 Å². The van der Waals surface area contributed by atoms with Crippen molar-refractivity contribution in [3.63, 3.8) is 0 Å². The Labute approximate surface area is 88.7 Å². The monoisotopic (exact) mass is 228 g/mol. The number of amides is 2. The lowest BCUT2D eigenvalue weighted by Gasteiger charge is -2.01. The van der Waals surface area contributed by atoms with Crippen molar-refractivity contribution in [1.29, 1.82) is 0 Å². The SMILES string of the molecule is NC(=O)c1ccsc1NC(=O)CC(=O)O. The second kappa shape index (κ2) is 4.56. The maximum Gasteiger partial charge on any atom is 0.312 e. The number of rotatable bonds is 4. The Morgan fingerprint density at radius 3 is 2.67 bits per heavy atom. The number of nitrogens with one attached hydrogen (secondary N) is 1. The molecule has 7 heteroatoms. The number of carbonyl (C=O) groups is 3. The van der Waals surface area contributed by atoms with Gasteiger partial charge >= 0.3 is 5.97 Å². The highest BCUT2D eigenvalue weighted by Gasteiger charge is 2.13. The Morgan fingerprint density at radius 2 is 2.13 bits per heavy atom. The fourth-order valence-electron chi connectivity index (χ4n) is 0.908. The molecule has 15 heavy (non-hydrogen) atoms. The fraction of sp³-hybridized carbons (Fsp3) is 0.125. The van der Waals surface area contributed by atoms with Crippen molar-refractivity contribution in [3.8, 4) is 0 Å². The summed E-state index contributed by atoms with van der Waals surface area (Å²) >= 11 is 1.11. The van der Waals surface area contributed by atoms with Crippen LogP contribution < -0.4 is 11.1 Å². The molecule has 0 spiro atoms. The second-order valence-corrected chi connectivity index (χ2v) is 3.56. The molecule has 0 aliphatic heterocycles. The quantitative estimate of drug-likeness (QED) is 0.642. The summed E-state index contributed by atoms with van der Waals surface area (Å²) in [4.78, 5) is 32.1. The van der Waals surface area contributed by atoms with E-state index in [0.29, 0.717) is 0 Å². The molecular formula is C8H8N2O4S.